The van der Waals surface area contributed by atoms with Crippen molar-refractivity contribution in [3.8, 4) is 17.8 Å². The summed E-state index contributed by atoms with van der Waals surface area (Å²) in [5, 5.41) is 22.6. The summed E-state index contributed by atoms with van der Waals surface area (Å²) in [7, 11) is 0. The van der Waals surface area contributed by atoms with E-state index in [9.17, 15) is 28.0 Å². The standard InChI is InChI=1S/C20H11ClF3N5O2/c1-19(10-26,11-2-4-12(21)5-3-11)14-7-6-13(8-15(14)20(22,23)24)29-18(31)27-17(30)16(9-25)28-29/h2-8H,1H3,(H,27,30,31). The maximum Gasteiger partial charge on any atom is 0.416 e. The Labute approximate surface area is 177 Å². The van der Waals surface area contributed by atoms with E-state index in [4.69, 9.17) is 16.9 Å². The predicted octanol–water partition coefficient (Wildman–Crippen LogP) is 3.29. The second-order valence-electron chi connectivity index (χ2n) is 6.60. The van der Waals surface area contributed by atoms with Gasteiger partial charge in [-0.1, -0.05) is 29.8 Å². The first kappa shape index (κ1) is 21.8. The molecule has 0 spiro atoms. The van der Waals surface area contributed by atoms with Gasteiger partial charge < -0.3 is 0 Å². The lowest BCUT2D eigenvalue weighted by Crippen LogP contribution is -2.33. The number of nitrogens with one attached hydrogen (secondary N) is 1. The number of halogens is 4. The van der Waals surface area contributed by atoms with Gasteiger partial charge in [-0.2, -0.15) is 28.4 Å². The summed E-state index contributed by atoms with van der Waals surface area (Å²) in [4.78, 5) is 25.4. The third kappa shape index (κ3) is 3.93. The molecule has 0 aliphatic heterocycles. The zero-order chi connectivity index (χ0) is 23.0. The highest BCUT2D eigenvalue weighted by Gasteiger charge is 2.41. The van der Waals surface area contributed by atoms with Gasteiger partial charge in [0.1, 0.15) is 11.5 Å². The first-order valence-electron chi connectivity index (χ1n) is 8.54. The molecule has 0 bridgehead atoms. The quantitative estimate of drug-likeness (QED) is 0.664. The van der Waals surface area contributed by atoms with E-state index in [1.54, 1.807) is 0 Å². The Balaban J connectivity index is 2.29. The van der Waals surface area contributed by atoms with Crippen molar-refractivity contribution in [2.45, 2.75) is 18.5 Å². The summed E-state index contributed by atoms with van der Waals surface area (Å²) < 4.78 is 42.3. The maximum atomic E-state index is 14.0. The van der Waals surface area contributed by atoms with Gasteiger partial charge in [-0.05, 0) is 42.3 Å². The summed E-state index contributed by atoms with van der Waals surface area (Å²) in [6, 6.07) is 12.0. The summed E-state index contributed by atoms with van der Waals surface area (Å²) in [5.41, 5.74) is -6.17. The minimum atomic E-state index is -4.89. The van der Waals surface area contributed by atoms with E-state index < -0.39 is 34.1 Å². The van der Waals surface area contributed by atoms with Crippen LogP contribution in [0.15, 0.2) is 52.1 Å². The summed E-state index contributed by atoms with van der Waals surface area (Å²) in [5.74, 6) is 0. The Kier molecular flexibility index (Phi) is 5.45. The van der Waals surface area contributed by atoms with Crippen LogP contribution >= 0.6 is 11.6 Å². The number of nitriles is 2. The number of rotatable bonds is 3. The topological polar surface area (TPSA) is 115 Å². The van der Waals surface area contributed by atoms with Gasteiger partial charge in [0.15, 0.2) is 0 Å². The molecule has 0 fully saturated rings. The van der Waals surface area contributed by atoms with Crippen LogP contribution < -0.4 is 11.2 Å². The van der Waals surface area contributed by atoms with Crippen molar-refractivity contribution in [3.63, 3.8) is 0 Å². The Morgan fingerprint density at radius 2 is 1.71 bits per heavy atom. The second-order valence-corrected chi connectivity index (χ2v) is 7.04. The highest BCUT2D eigenvalue weighted by atomic mass is 35.5. The first-order valence-corrected chi connectivity index (χ1v) is 8.92. The molecule has 0 saturated carbocycles. The zero-order valence-electron chi connectivity index (χ0n) is 15.7. The summed E-state index contributed by atoms with van der Waals surface area (Å²) >= 11 is 5.84. The number of benzene rings is 2. The molecule has 1 aromatic heterocycles. The van der Waals surface area contributed by atoms with Crippen LogP contribution in [0.4, 0.5) is 13.2 Å². The zero-order valence-corrected chi connectivity index (χ0v) is 16.4. The summed E-state index contributed by atoms with van der Waals surface area (Å²) in [6.45, 7) is 1.33. The fourth-order valence-electron chi connectivity index (χ4n) is 3.05. The van der Waals surface area contributed by atoms with Crippen LogP contribution in [0.1, 0.15) is 29.3 Å². The minimum Gasteiger partial charge on any atom is -0.270 e. The van der Waals surface area contributed by atoms with E-state index >= 15 is 0 Å². The van der Waals surface area contributed by atoms with Crippen LogP contribution in [-0.2, 0) is 11.6 Å². The molecule has 1 N–H and O–H groups in total. The second kappa shape index (κ2) is 7.74. The number of nitrogens with zero attached hydrogens (tertiary/aromatic N) is 4. The maximum absolute atomic E-state index is 14.0. The molecular formula is C20H11ClF3N5O2. The van der Waals surface area contributed by atoms with Crippen molar-refractivity contribution in [3.05, 3.63) is 90.7 Å². The number of alkyl halides is 3. The molecular weight excluding hydrogens is 435 g/mol. The van der Waals surface area contributed by atoms with Gasteiger partial charge in [0, 0.05) is 5.02 Å². The molecule has 1 atom stereocenters. The number of hydrogen-bond donors (Lipinski definition) is 1. The van der Waals surface area contributed by atoms with Crippen LogP contribution in [0.25, 0.3) is 5.69 Å². The predicted molar refractivity (Wildman–Crippen MR) is 104 cm³/mol. The van der Waals surface area contributed by atoms with Gasteiger partial charge in [-0.3, -0.25) is 9.78 Å². The van der Waals surface area contributed by atoms with Crippen LogP contribution in [0.3, 0.4) is 0 Å². The number of hydrogen-bond acceptors (Lipinski definition) is 5. The molecule has 7 nitrogen and oxygen atoms in total. The van der Waals surface area contributed by atoms with Crippen molar-refractivity contribution in [2.75, 3.05) is 0 Å². The first-order chi connectivity index (χ1) is 14.5. The highest BCUT2D eigenvalue weighted by molar-refractivity contribution is 6.30. The minimum absolute atomic E-state index is 0.281. The Morgan fingerprint density at radius 3 is 2.26 bits per heavy atom. The Hall–Kier alpha value is -3.89. The fraction of sp³-hybridized carbons (Fsp3) is 0.150. The third-order valence-electron chi connectivity index (χ3n) is 4.67. The Morgan fingerprint density at radius 1 is 1.06 bits per heavy atom. The molecule has 0 radical (unpaired) electrons. The van der Waals surface area contributed by atoms with E-state index in [1.807, 2.05) is 11.1 Å². The molecule has 2 aromatic carbocycles. The number of H-pyrrole nitrogens is 1. The van der Waals surface area contributed by atoms with Crippen LogP contribution in [0.2, 0.25) is 5.02 Å². The normalized spacial score (nSPS) is 13.1. The van der Waals surface area contributed by atoms with Gasteiger partial charge in [-0.15, -0.1) is 5.10 Å². The fourth-order valence-corrected chi connectivity index (χ4v) is 3.17. The van der Waals surface area contributed by atoms with E-state index in [0.29, 0.717) is 15.8 Å². The van der Waals surface area contributed by atoms with Gasteiger partial charge >= 0.3 is 11.9 Å². The molecule has 0 amide bonds. The van der Waals surface area contributed by atoms with Gasteiger partial charge in [0.2, 0.25) is 5.69 Å². The molecule has 31 heavy (non-hydrogen) atoms. The smallest absolute Gasteiger partial charge is 0.270 e. The SMILES string of the molecule is CC(C#N)(c1ccc(Cl)cc1)c1ccc(-n2nc(C#N)c(=O)[nH]c2=O)cc1C(F)(F)F. The van der Waals surface area contributed by atoms with Gasteiger partial charge in [-0.25, -0.2) is 4.79 Å². The van der Waals surface area contributed by atoms with Crippen molar-refractivity contribution >= 4 is 11.6 Å². The molecule has 0 aliphatic rings. The van der Waals surface area contributed by atoms with Crippen molar-refractivity contribution in [1.29, 1.82) is 10.5 Å². The summed E-state index contributed by atoms with van der Waals surface area (Å²) in [6.07, 6.45) is -4.89. The van der Waals surface area contributed by atoms with Crippen molar-refractivity contribution in [1.82, 2.24) is 14.8 Å². The molecule has 1 unspecified atom stereocenters. The molecule has 0 aliphatic carbocycles. The number of aromatic nitrogens is 3. The largest absolute Gasteiger partial charge is 0.416 e. The third-order valence-corrected chi connectivity index (χ3v) is 4.92. The average molecular weight is 446 g/mol. The highest BCUT2D eigenvalue weighted by Crippen LogP contribution is 2.41. The lowest BCUT2D eigenvalue weighted by molar-refractivity contribution is -0.138. The van der Waals surface area contributed by atoms with Crippen molar-refractivity contribution in [2.24, 2.45) is 0 Å². The molecule has 0 saturated heterocycles. The lowest BCUT2D eigenvalue weighted by Gasteiger charge is -2.27. The Bertz CT molecular complexity index is 1360. The monoisotopic (exact) mass is 445 g/mol. The molecule has 11 heteroatoms. The molecule has 1 heterocycles. The van der Waals surface area contributed by atoms with Crippen LogP contribution in [0.5, 0.6) is 0 Å². The molecule has 3 rings (SSSR count). The van der Waals surface area contributed by atoms with E-state index in [-0.39, 0.29) is 16.8 Å². The van der Waals surface area contributed by atoms with E-state index in [2.05, 4.69) is 5.10 Å². The van der Waals surface area contributed by atoms with Crippen molar-refractivity contribution < 1.29 is 13.2 Å². The van der Waals surface area contributed by atoms with Crippen LogP contribution in [-0.4, -0.2) is 14.8 Å². The number of aromatic amines is 1. The van der Waals surface area contributed by atoms with Gasteiger partial charge in [0.05, 0.1) is 17.3 Å². The average Bonchev–Trinajstić information content (AvgIpc) is 2.73. The lowest BCUT2D eigenvalue weighted by atomic mass is 9.75. The van der Waals surface area contributed by atoms with Crippen LogP contribution in [0, 0.1) is 22.7 Å². The van der Waals surface area contributed by atoms with E-state index in [1.165, 1.54) is 37.3 Å². The molecule has 156 valence electrons. The van der Waals surface area contributed by atoms with E-state index in [0.717, 1.165) is 12.1 Å². The molecule has 3 aromatic rings. The van der Waals surface area contributed by atoms with Gasteiger partial charge in [0.25, 0.3) is 5.56 Å².